The van der Waals surface area contributed by atoms with Gasteiger partial charge in [0, 0.05) is 19.3 Å². The molecule has 0 aromatic rings. The van der Waals surface area contributed by atoms with E-state index in [-0.39, 0.29) is 32.1 Å². The fourth-order valence-electron chi connectivity index (χ4n) is 2.90. The van der Waals surface area contributed by atoms with Crippen molar-refractivity contribution in [3.05, 3.63) is 0 Å². The topological polar surface area (TPSA) is 121 Å². The normalized spacial score (nSPS) is 23.7. The molecule has 21 heavy (non-hydrogen) atoms. The van der Waals surface area contributed by atoms with Crippen LogP contribution >= 0.6 is 0 Å². The highest BCUT2D eigenvalue weighted by Crippen LogP contribution is 2.39. The summed E-state index contributed by atoms with van der Waals surface area (Å²) in [6.45, 7) is 6.05. The van der Waals surface area contributed by atoms with E-state index >= 15 is 0 Å². The Morgan fingerprint density at radius 1 is 0.619 bits per heavy atom. The molecular formula is C15H32O6. The zero-order chi connectivity index (χ0) is 16.8. The highest BCUT2D eigenvalue weighted by molar-refractivity contribution is 5.02. The summed E-state index contributed by atoms with van der Waals surface area (Å²) in [7, 11) is 0. The Kier molecular flexibility index (Phi) is 8.31. The first kappa shape index (κ1) is 20.8. The Morgan fingerprint density at radius 2 is 0.952 bits per heavy atom. The van der Waals surface area contributed by atoms with Gasteiger partial charge in [0.1, 0.15) is 0 Å². The van der Waals surface area contributed by atoms with Crippen LogP contribution in [0.25, 0.3) is 0 Å². The van der Waals surface area contributed by atoms with Crippen LogP contribution < -0.4 is 0 Å². The Balaban J connectivity index is 5.42. The maximum Gasteiger partial charge on any atom is 0.0983 e. The lowest BCUT2D eigenvalue weighted by molar-refractivity contribution is -0.197. The summed E-state index contributed by atoms with van der Waals surface area (Å²) in [6.07, 6.45) is -3.32. The lowest BCUT2D eigenvalue weighted by Gasteiger charge is -2.46. The van der Waals surface area contributed by atoms with Gasteiger partial charge < -0.3 is 30.6 Å². The van der Waals surface area contributed by atoms with E-state index in [0.717, 1.165) is 0 Å². The van der Waals surface area contributed by atoms with Gasteiger partial charge in [0.25, 0.3) is 0 Å². The smallest absolute Gasteiger partial charge is 0.0983 e. The van der Waals surface area contributed by atoms with E-state index in [1.807, 2.05) is 0 Å². The predicted octanol–water partition coefficient (Wildman–Crippen LogP) is -0.0777. The Labute approximate surface area is 127 Å². The zero-order valence-corrected chi connectivity index (χ0v) is 13.5. The third kappa shape index (κ3) is 7.04. The van der Waals surface area contributed by atoms with Crippen molar-refractivity contribution in [2.75, 3.05) is 0 Å². The van der Waals surface area contributed by atoms with Crippen LogP contribution in [-0.4, -0.2) is 66.3 Å². The molecule has 0 heterocycles. The maximum atomic E-state index is 10.9. The third-order valence-electron chi connectivity index (χ3n) is 3.74. The molecule has 0 radical (unpaired) electrons. The minimum Gasteiger partial charge on any atom is -0.393 e. The van der Waals surface area contributed by atoms with Gasteiger partial charge in [-0.05, 0) is 40.5 Å². The van der Waals surface area contributed by atoms with Crippen molar-refractivity contribution >= 4 is 0 Å². The molecule has 0 spiro atoms. The van der Waals surface area contributed by atoms with Gasteiger partial charge in [-0.2, -0.15) is 0 Å². The highest BCUT2D eigenvalue weighted by atomic mass is 16.4. The second-order valence-electron chi connectivity index (χ2n) is 6.61. The van der Waals surface area contributed by atoms with E-state index in [0.29, 0.717) is 0 Å². The van der Waals surface area contributed by atoms with E-state index < -0.39 is 35.6 Å². The van der Waals surface area contributed by atoms with Crippen LogP contribution in [0, 0.1) is 0 Å². The second kappa shape index (κ2) is 8.41. The molecule has 0 aliphatic heterocycles. The van der Waals surface area contributed by atoms with Gasteiger partial charge in [-0.1, -0.05) is 0 Å². The fourth-order valence-corrected chi connectivity index (χ4v) is 2.90. The second-order valence-corrected chi connectivity index (χ2v) is 6.61. The molecule has 0 amide bonds. The highest BCUT2D eigenvalue weighted by Gasteiger charge is 2.50. The number of aliphatic hydroxyl groups excluding tert-OH is 4. The van der Waals surface area contributed by atoms with E-state index in [1.165, 1.54) is 20.8 Å². The minimum absolute atomic E-state index is 0.0610. The SMILES string of the molecule is CC(O)CCC(O)(CC(C)O)C(O)(CC(C)O)CC(C)O. The predicted molar refractivity (Wildman–Crippen MR) is 79.7 cm³/mol. The van der Waals surface area contributed by atoms with Gasteiger partial charge >= 0.3 is 0 Å². The van der Waals surface area contributed by atoms with Gasteiger partial charge in [-0.25, -0.2) is 0 Å². The van der Waals surface area contributed by atoms with Crippen molar-refractivity contribution in [1.29, 1.82) is 0 Å². The lowest BCUT2D eigenvalue weighted by Crippen LogP contribution is -2.58. The summed E-state index contributed by atoms with van der Waals surface area (Å²) in [5, 5.41) is 60.0. The molecule has 0 rings (SSSR count). The maximum absolute atomic E-state index is 10.9. The first-order valence-corrected chi connectivity index (χ1v) is 7.59. The molecule has 0 aromatic carbocycles. The molecule has 6 N–H and O–H groups in total. The molecule has 0 fully saturated rings. The van der Waals surface area contributed by atoms with Gasteiger partial charge in [0.05, 0.1) is 35.6 Å². The standard InChI is InChI=1S/C15H32O6/c1-10(16)5-6-14(20,7-11(2)17)15(21,8-12(3)18)9-13(4)19/h10-13,16-21H,5-9H2,1-4H3. The van der Waals surface area contributed by atoms with Crippen LogP contribution in [0.15, 0.2) is 0 Å². The van der Waals surface area contributed by atoms with Crippen molar-refractivity contribution in [2.24, 2.45) is 0 Å². The largest absolute Gasteiger partial charge is 0.393 e. The van der Waals surface area contributed by atoms with Crippen molar-refractivity contribution in [3.8, 4) is 0 Å². The van der Waals surface area contributed by atoms with E-state index in [2.05, 4.69) is 0 Å². The van der Waals surface area contributed by atoms with E-state index in [1.54, 1.807) is 6.92 Å². The number of aliphatic hydroxyl groups is 6. The molecule has 0 aliphatic rings. The summed E-state index contributed by atoms with van der Waals surface area (Å²) in [6, 6.07) is 0. The van der Waals surface area contributed by atoms with Crippen molar-refractivity contribution in [2.45, 2.75) is 95.4 Å². The first-order valence-electron chi connectivity index (χ1n) is 7.59. The van der Waals surface area contributed by atoms with Crippen LogP contribution in [0.5, 0.6) is 0 Å². The molecule has 6 nitrogen and oxygen atoms in total. The van der Waals surface area contributed by atoms with Gasteiger partial charge in [-0.3, -0.25) is 0 Å². The Bertz CT molecular complexity index is 280. The molecule has 0 saturated heterocycles. The van der Waals surface area contributed by atoms with Crippen LogP contribution in [0.3, 0.4) is 0 Å². The van der Waals surface area contributed by atoms with Crippen molar-refractivity contribution in [1.82, 2.24) is 0 Å². The molecule has 0 aromatic heterocycles. The zero-order valence-electron chi connectivity index (χ0n) is 13.5. The van der Waals surface area contributed by atoms with Crippen molar-refractivity contribution < 1.29 is 30.6 Å². The Hall–Kier alpha value is -0.240. The number of hydrogen-bond donors (Lipinski definition) is 6. The molecule has 128 valence electrons. The van der Waals surface area contributed by atoms with Crippen LogP contribution in [-0.2, 0) is 0 Å². The van der Waals surface area contributed by atoms with Gasteiger partial charge in [-0.15, -0.1) is 0 Å². The van der Waals surface area contributed by atoms with Crippen LogP contribution in [0.1, 0.15) is 59.8 Å². The monoisotopic (exact) mass is 308 g/mol. The van der Waals surface area contributed by atoms with Crippen LogP contribution in [0.2, 0.25) is 0 Å². The summed E-state index contributed by atoms with van der Waals surface area (Å²) in [4.78, 5) is 0. The average molecular weight is 308 g/mol. The van der Waals surface area contributed by atoms with Crippen LogP contribution in [0.4, 0.5) is 0 Å². The van der Waals surface area contributed by atoms with Gasteiger partial charge in [0.2, 0.25) is 0 Å². The van der Waals surface area contributed by atoms with E-state index in [4.69, 9.17) is 0 Å². The summed E-state index contributed by atoms with van der Waals surface area (Å²) in [5.41, 5.74) is -3.45. The third-order valence-corrected chi connectivity index (χ3v) is 3.74. The number of hydrogen-bond acceptors (Lipinski definition) is 6. The van der Waals surface area contributed by atoms with E-state index in [9.17, 15) is 30.6 Å². The van der Waals surface area contributed by atoms with Crippen molar-refractivity contribution in [3.63, 3.8) is 0 Å². The quantitative estimate of drug-likeness (QED) is 0.336. The molecule has 5 unspecified atom stereocenters. The summed E-state index contributed by atoms with van der Waals surface area (Å²) in [5.74, 6) is 0. The molecule has 0 aliphatic carbocycles. The Morgan fingerprint density at radius 3 is 1.24 bits per heavy atom. The number of rotatable bonds is 10. The molecular weight excluding hydrogens is 276 g/mol. The fraction of sp³-hybridized carbons (Fsp3) is 1.00. The minimum atomic E-state index is -1.75. The van der Waals surface area contributed by atoms with Gasteiger partial charge in [0.15, 0.2) is 0 Å². The first-order chi connectivity index (χ1) is 9.42. The summed E-state index contributed by atoms with van der Waals surface area (Å²) >= 11 is 0. The molecule has 0 bridgehead atoms. The average Bonchev–Trinajstić information content (AvgIpc) is 2.22. The molecule has 5 atom stereocenters. The molecule has 0 saturated carbocycles. The summed E-state index contributed by atoms with van der Waals surface area (Å²) < 4.78 is 0. The lowest BCUT2D eigenvalue weighted by atomic mass is 9.70. The molecule has 6 heteroatoms.